The highest BCUT2D eigenvalue weighted by atomic mass is 35.5. The van der Waals surface area contributed by atoms with Gasteiger partial charge in [0, 0.05) is 22.5 Å². The van der Waals surface area contributed by atoms with Crippen LogP contribution in [0.1, 0.15) is 6.92 Å². The number of carbonyl (C=O) groups is 2. The lowest BCUT2D eigenvalue weighted by molar-refractivity contribution is -0.114. The summed E-state index contributed by atoms with van der Waals surface area (Å²) in [6.07, 6.45) is 0. The largest absolute Gasteiger partial charge is 0.495 e. The zero-order valence-corrected chi connectivity index (χ0v) is 15.9. The highest BCUT2D eigenvalue weighted by molar-refractivity contribution is 8.00. The first-order valence-electron chi connectivity index (χ1n) is 7.22. The molecule has 2 N–H and O–H groups in total. The molecule has 132 valence electrons. The molecule has 0 spiro atoms. The van der Waals surface area contributed by atoms with E-state index in [4.69, 9.17) is 27.9 Å². The van der Waals surface area contributed by atoms with Crippen LogP contribution in [0, 0.1) is 0 Å². The first-order valence-corrected chi connectivity index (χ1v) is 8.96. The number of nitrogens with one attached hydrogen (secondary N) is 2. The number of carbonyl (C=O) groups excluding carboxylic acids is 2. The molecule has 0 radical (unpaired) electrons. The molecule has 5 nitrogen and oxygen atoms in total. The van der Waals surface area contributed by atoms with Crippen LogP contribution in [0.4, 0.5) is 11.4 Å². The highest BCUT2D eigenvalue weighted by Crippen LogP contribution is 2.31. The van der Waals surface area contributed by atoms with Crippen molar-refractivity contribution in [2.24, 2.45) is 0 Å². The SMILES string of the molecule is COc1ccc(NC(C)=O)cc1NC(=O)CSc1cc(Cl)ccc1Cl. The van der Waals surface area contributed by atoms with Gasteiger partial charge in [-0.1, -0.05) is 23.2 Å². The van der Waals surface area contributed by atoms with Gasteiger partial charge in [0.2, 0.25) is 11.8 Å². The predicted octanol–water partition coefficient (Wildman–Crippen LogP) is 4.69. The number of benzene rings is 2. The van der Waals surface area contributed by atoms with Crippen LogP contribution in [-0.4, -0.2) is 24.7 Å². The molecule has 0 unspecified atom stereocenters. The number of hydrogen-bond donors (Lipinski definition) is 2. The Morgan fingerprint density at radius 2 is 1.88 bits per heavy atom. The zero-order valence-electron chi connectivity index (χ0n) is 13.6. The molecule has 0 aromatic heterocycles. The molecule has 0 bridgehead atoms. The van der Waals surface area contributed by atoms with E-state index in [1.165, 1.54) is 25.8 Å². The average Bonchev–Trinajstić information content (AvgIpc) is 2.55. The summed E-state index contributed by atoms with van der Waals surface area (Å²) in [5, 5.41) is 6.51. The van der Waals surface area contributed by atoms with Gasteiger partial charge >= 0.3 is 0 Å². The molecule has 0 saturated heterocycles. The van der Waals surface area contributed by atoms with Crippen molar-refractivity contribution in [3.63, 3.8) is 0 Å². The maximum absolute atomic E-state index is 12.2. The molecule has 0 aliphatic rings. The van der Waals surface area contributed by atoms with Gasteiger partial charge in [0.15, 0.2) is 0 Å². The number of rotatable bonds is 6. The second-order valence-electron chi connectivity index (χ2n) is 5.01. The van der Waals surface area contributed by atoms with E-state index in [-0.39, 0.29) is 17.6 Å². The van der Waals surface area contributed by atoms with Crippen LogP contribution < -0.4 is 15.4 Å². The standard InChI is InChI=1S/C17H16Cl2N2O3S/c1-10(22)20-12-4-6-15(24-2)14(8-12)21-17(23)9-25-16-7-11(18)3-5-13(16)19/h3-8H,9H2,1-2H3,(H,20,22)(H,21,23). The molecule has 2 aromatic rings. The molecule has 25 heavy (non-hydrogen) atoms. The zero-order chi connectivity index (χ0) is 18.4. The summed E-state index contributed by atoms with van der Waals surface area (Å²) in [4.78, 5) is 24.1. The van der Waals surface area contributed by atoms with Crippen molar-refractivity contribution in [2.45, 2.75) is 11.8 Å². The minimum atomic E-state index is -0.237. The van der Waals surface area contributed by atoms with Crippen LogP contribution in [0.5, 0.6) is 5.75 Å². The van der Waals surface area contributed by atoms with Gasteiger partial charge in [-0.15, -0.1) is 11.8 Å². The number of anilines is 2. The summed E-state index contributed by atoms with van der Waals surface area (Å²) < 4.78 is 5.23. The van der Waals surface area contributed by atoms with E-state index in [2.05, 4.69) is 10.6 Å². The van der Waals surface area contributed by atoms with Crippen molar-refractivity contribution in [3.05, 3.63) is 46.4 Å². The lowest BCUT2D eigenvalue weighted by Gasteiger charge is -2.12. The Morgan fingerprint density at radius 1 is 1.12 bits per heavy atom. The molecular formula is C17H16Cl2N2O3S. The molecule has 0 aliphatic heterocycles. The van der Waals surface area contributed by atoms with Gasteiger partial charge in [0.05, 0.1) is 23.6 Å². The van der Waals surface area contributed by atoms with E-state index >= 15 is 0 Å². The normalized spacial score (nSPS) is 10.2. The first kappa shape index (κ1) is 19.4. The number of thioether (sulfide) groups is 1. The average molecular weight is 399 g/mol. The molecule has 2 aromatic carbocycles. The molecule has 0 atom stereocenters. The van der Waals surface area contributed by atoms with Gasteiger partial charge in [-0.25, -0.2) is 0 Å². The smallest absolute Gasteiger partial charge is 0.234 e. The molecule has 0 aliphatic carbocycles. The topological polar surface area (TPSA) is 67.4 Å². The van der Waals surface area contributed by atoms with Crippen LogP contribution in [0.2, 0.25) is 10.0 Å². The molecular weight excluding hydrogens is 383 g/mol. The Bertz CT molecular complexity index is 799. The van der Waals surface area contributed by atoms with E-state index < -0.39 is 0 Å². The Morgan fingerprint density at radius 3 is 2.56 bits per heavy atom. The molecule has 8 heteroatoms. The highest BCUT2D eigenvalue weighted by Gasteiger charge is 2.11. The van der Waals surface area contributed by atoms with E-state index in [9.17, 15) is 9.59 Å². The van der Waals surface area contributed by atoms with Gasteiger partial charge in [0.1, 0.15) is 5.75 Å². The van der Waals surface area contributed by atoms with Crippen molar-refractivity contribution >= 4 is 58.2 Å². The molecule has 2 amide bonds. The summed E-state index contributed by atoms with van der Waals surface area (Å²) in [5.74, 6) is 0.203. The van der Waals surface area contributed by atoms with Gasteiger partial charge < -0.3 is 15.4 Å². The second kappa shape index (κ2) is 8.99. The minimum absolute atomic E-state index is 0.146. The number of ether oxygens (including phenoxy) is 1. The fraction of sp³-hybridized carbons (Fsp3) is 0.176. The summed E-state index contributed by atoms with van der Waals surface area (Å²) >= 11 is 13.3. The third-order valence-corrected chi connectivity index (χ3v) is 4.78. The summed E-state index contributed by atoms with van der Waals surface area (Å²) in [5.41, 5.74) is 1.03. The quantitative estimate of drug-likeness (QED) is 0.692. The molecule has 0 saturated carbocycles. The van der Waals surface area contributed by atoms with Crippen LogP contribution >= 0.6 is 35.0 Å². The molecule has 0 fully saturated rings. The Hall–Kier alpha value is -1.89. The van der Waals surface area contributed by atoms with Crippen LogP contribution in [0.3, 0.4) is 0 Å². The maximum atomic E-state index is 12.2. The Kier molecular flexibility index (Phi) is 6.99. The monoisotopic (exact) mass is 398 g/mol. The lowest BCUT2D eigenvalue weighted by Crippen LogP contribution is -2.15. The van der Waals surface area contributed by atoms with Crippen molar-refractivity contribution in [3.8, 4) is 5.75 Å². The number of hydrogen-bond acceptors (Lipinski definition) is 4. The third kappa shape index (κ3) is 5.85. The van der Waals surface area contributed by atoms with Crippen molar-refractivity contribution in [1.29, 1.82) is 0 Å². The van der Waals surface area contributed by atoms with Gasteiger partial charge in [-0.05, 0) is 36.4 Å². The van der Waals surface area contributed by atoms with Crippen LogP contribution in [-0.2, 0) is 9.59 Å². The Balaban J connectivity index is 2.06. The van der Waals surface area contributed by atoms with E-state index in [0.29, 0.717) is 27.2 Å². The van der Waals surface area contributed by atoms with E-state index in [1.807, 2.05) is 0 Å². The number of halogens is 2. The third-order valence-electron chi connectivity index (χ3n) is 3.05. The Labute approximate surface area is 160 Å². The van der Waals surface area contributed by atoms with Crippen molar-refractivity contribution in [1.82, 2.24) is 0 Å². The van der Waals surface area contributed by atoms with Crippen molar-refractivity contribution in [2.75, 3.05) is 23.5 Å². The number of methoxy groups -OCH3 is 1. The fourth-order valence-corrected chi connectivity index (χ4v) is 3.30. The minimum Gasteiger partial charge on any atom is -0.495 e. The summed E-state index contributed by atoms with van der Waals surface area (Å²) in [6, 6.07) is 10.1. The second-order valence-corrected chi connectivity index (χ2v) is 6.87. The maximum Gasteiger partial charge on any atom is 0.234 e. The van der Waals surface area contributed by atoms with Crippen LogP contribution in [0.15, 0.2) is 41.3 Å². The molecule has 0 heterocycles. The predicted molar refractivity (Wildman–Crippen MR) is 103 cm³/mol. The van der Waals surface area contributed by atoms with Gasteiger partial charge in [0.25, 0.3) is 0 Å². The van der Waals surface area contributed by atoms with Crippen molar-refractivity contribution < 1.29 is 14.3 Å². The fourth-order valence-electron chi connectivity index (χ4n) is 2.00. The van der Waals surface area contributed by atoms with E-state index in [0.717, 1.165) is 4.90 Å². The lowest BCUT2D eigenvalue weighted by atomic mass is 10.2. The summed E-state index contributed by atoms with van der Waals surface area (Å²) in [7, 11) is 1.50. The van der Waals surface area contributed by atoms with Gasteiger partial charge in [-0.3, -0.25) is 9.59 Å². The van der Waals surface area contributed by atoms with Gasteiger partial charge in [-0.2, -0.15) is 0 Å². The van der Waals surface area contributed by atoms with E-state index in [1.54, 1.807) is 36.4 Å². The molecule has 2 rings (SSSR count). The first-order chi connectivity index (χ1) is 11.9. The number of amides is 2. The summed E-state index contributed by atoms with van der Waals surface area (Å²) in [6.45, 7) is 1.41. The van der Waals surface area contributed by atoms with Crippen LogP contribution in [0.25, 0.3) is 0 Å².